The Kier molecular flexibility index (Phi) is 5.26. The van der Waals surface area contributed by atoms with E-state index in [9.17, 15) is 4.79 Å². The third-order valence-corrected chi connectivity index (χ3v) is 5.97. The minimum Gasteiger partial charge on any atom is -0.440 e. The molecule has 2 aromatic carbocycles. The highest BCUT2D eigenvalue weighted by Gasteiger charge is 2.26. The molecule has 0 atom stereocenters. The summed E-state index contributed by atoms with van der Waals surface area (Å²) in [7, 11) is 2.15. The third-order valence-electron chi connectivity index (χ3n) is 5.97. The first-order valence-electron chi connectivity index (χ1n) is 10.7. The van der Waals surface area contributed by atoms with Crippen molar-refractivity contribution in [2.45, 2.75) is 18.8 Å². The Balaban J connectivity index is 1.62. The highest BCUT2D eigenvalue weighted by molar-refractivity contribution is 5.76. The predicted molar refractivity (Wildman–Crippen MR) is 122 cm³/mol. The summed E-state index contributed by atoms with van der Waals surface area (Å²) in [6.45, 7) is 2.09. The van der Waals surface area contributed by atoms with Gasteiger partial charge in [0.05, 0.1) is 0 Å². The Morgan fingerprint density at radius 2 is 1.55 bits per heavy atom. The normalized spacial score (nSPS) is 15.3. The summed E-state index contributed by atoms with van der Waals surface area (Å²) in [5, 5.41) is 0. The topological polar surface area (TPSA) is 51.3 Å². The number of likely N-dealkylation sites (tertiary alicyclic amines) is 1. The van der Waals surface area contributed by atoms with Crippen molar-refractivity contribution in [3.05, 3.63) is 95.2 Å². The van der Waals surface area contributed by atoms with E-state index in [1.165, 1.54) is 0 Å². The van der Waals surface area contributed by atoms with Crippen LogP contribution in [0, 0.1) is 0 Å². The van der Waals surface area contributed by atoms with Crippen LogP contribution in [-0.2, 0) is 0 Å². The van der Waals surface area contributed by atoms with Crippen LogP contribution < -0.4 is 5.56 Å². The molecule has 0 spiro atoms. The van der Waals surface area contributed by atoms with Gasteiger partial charge in [0.25, 0.3) is 5.56 Å². The van der Waals surface area contributed by atoms with Gasteiger partial charge >= 0.3 is 0 Å². The zero-order chi connectivity index (χ0) is 21.2. The average molecular weight is 412 g/mol. The Hall–Kier alpha value is -3.44. The van der Waals surface area contributed by atoms with Gasteiger partial charge in [0, 0.05) is 35.0 Å². The van der Waals surface area contributed by atoms with Crippen molar-refractivity contribution in [2.75, 3.05) is 20.1 Å². The number of rotatable bonds is 4. The quantitative estimate of drug-likeness (QED) is 0.476. The first-order valence-corrected chi connectivity index (χ1v) is 10.7. The van der Waals surface area contributed by atoms with Gasteiger partial charge in [-0.2, -0.15) is 0 Å². The number of hydrogen-bond acceptors (Lipinski definition) is 4. The molecule has 4 aromatic rings. The van der Waals surface area contributed by atoms with Crippen LogP contribution in [0.15, 0.2) is 88.2 Å². The number of oxazole rings is 1. The van der Waals surface area contributed by atoms with Gasteiger partial charge in [0.1, 0.15) is 5.69 Å². The second kappa shape index (κ2) is 8.36. The second-order valence-electron chi connectivity index (χ2n) is 8.13. The Morgan fingerprint density at radius 1 is 0.871 bits per heavy atom. The molecule has 31 heavy (non-hydrogen) atoms. The van der Waals surface area contributed by atoms with E-state index >= 15 is 0 Å². The predicted octanol–water partition coefficient (Wildman–Crippen LogP) is 4.97. The van der Waals surface area contributed by atoms with Crippen LogP contribution in [-0.4, -0.2) is 34.6 Å². The van der Waals surface area contributed by atoms with E-state index in [-0.39, 0.29) is 5.56 Å². The van der Waals surface area contributed by atoms with Crippen molar-refractivity contribution in [1.29, 1.82) is 0 Å². The smallest absolute Gasteiger partial charge is 0.255 e. The average Bonchev–Trinajstić information content (AvgIpc) is 3.26. The molecular weight excluding hydrogens is 386 g/mol. The Bertz CT molecular complexity index is 1220. The van der Waals surface area contributed by atoms with Crippen LogP contribution in [0.3, 0.4) is 0 Å². The summed E-state index contributed by atoms with van der Waals surface area (Å²) in [5.74, 6) is 1.86. The fraction of sp³-hybridized carbons (Fsp3) is 0.231. The summed E-state index contributed by atoms with van der Waals surface area (Å²) in [5.41, 5.74) is 3.39. The van der Waals surface area contributed by atoms with Gasteiger partial charge in [-0.3, -0.25) is 9.36 Å². The molecule has 0 aliphatic carbocycles. The lowest BCUT2D eigenvalue weighted by Gasteiger charge is -2.26. The fourth-order valence-corrected chi connectivity index (χ4v) is 4.17. The van der Waals surface area contributed by atoms with Gasteiger partial charge in [-0.05, 0) is 51.2 Å². The molecule has 0 N–H and O–H groups in total. The molecule has 3 heterocycles. The van der Waals surface area contributed by atoms with Crippen LogP contribution >= 0.6 is 0 Å². The molecule has 0 saturated carbocycles. The number of pyridine rings is 1. The van der Waals surface area contributed by atoms with Crippen molar-refractivity contribution >= 4 is 0 Å². The Labute approximate surface area is 181 Å². The molecule has 156 valence electrons. The Morgan fingerprint density at radius 3 is 2.26 bits per heavy atom. The molecule has 1 aliphatic rings. The first-order chi connectivity index (χ1) is 15.2. The van der Waals surface area contributed by atoms with Gasteiger partial charge in [-0.25, -0.2) is 4.98 Å². The molecule has 0 radical (unpaired) electrons. The molecule has 1 fully saturated rings. The highest BCUT2D eigenvalue weighted by Crippen LogP contribution is 2.37. The zero-order valence-electron chi connectivity index (χ0n) is 17.6. The van der Waals surface area contributed by atoms with Crippen LogP contribution in [0.1, 0.15) is 24.7 Å². The number of nitrogens with zero attached hydrogens (tertiary/aromatic N) is 3. The van der Waals surface area contributed by atoms with Crippen LogP contribution in [0.25, 0.3) is 28.3 Å². The van der Waals surface area contributed by atoms with Gasteiger partial charge in [0.2, 0.25) is 0 Å². The van der Waals surface area contributed by atoms with Gasteiger partial charge in [0.15, 0.2) is 11.7 Å². The molecule has 0 bridgehead atoms. The van der Waals surface area contributed by atoms with Crippen molar-refractivity contribution in [2.24, 2.45) is 0 Å². The summed E-state index contributed by atoms with van der Waals surface area (Å²) >= 11 is 0. The molecule has 2 aromatic heterocycles. The number of hydrogen-bond donors (Lipinski definition) is 0. The number of piperidine rings is 1. The lowest BCUT2D eigenvalue weighted by molar-refractivity contribution is 0.238. The van der Waals surface area contributed by atoms with E-state index < -0.39 is 0 Å². The maximum Gasteiger partial charge on any atom is 0.255 e. The molecule has 0 unspecified atom stereocenters. The minimum atomic E-state index is -0.0738. The molecule has 0 amide bonds. The third kappa shape index (κ3) is 3.97. The molecule has 1 aliphatic heterocycles. The largest absolute Gasteiger partial charge is 0.440 e. The van der Waals surface area contributed by atoms with E-state index in [1.807, 2.05) is 72.9 Å². The van der Waals surface area contributed by atoms with Crippen molar-refractivity contribution < 1.29 is 4.42 Å². The van der Waals surface area contributed by atoms with E-state index in [2.05, 4.69) is 11.9 Å². The van der Waals surface area contributed by atoms with Gasteiger partial charge in [-0.15, -0.1) is 0 Å². The lowest BCUT2D eigenvalue weighted by Crippen LogP contribution is -2.29. The summed E-state index contributed by atoms with van der Waals surface area (Å²) in [6.07, 6.45) is 3.93. The van der Waals surface area contributed by atoms with Crippen LogP contribution in [0.5, 0.6) is 0 Å². The van der Waals surface area contributed by atoms with E-state index in [0.29, 0.717) is 5.92 Å². The van der Waals surface area contributed by atoms with Crippen molar-refractivity contribution in [3.8, 4) is 28.3 Å². The van der Waals surface area contributed by atoms with Gasteiger partial charge in [-0.1, -0.05) is 48.5 Å². The molecule has 5 nitrogen and oxygen atoms in total. The summed E-state index contributed by atoms with van der Waals surface area (Å²) in [6, 6.07) is 23.2. The van der Waals surface area contributed by atoms with Crippen molar-refractivity contribution in [1.82, 2.24) is 14.5 Å². The number of aromatic nitrogens is 2. The van der Waals surface area contributed by atoms with Crippen LogP contribution in [0.2, 0.25) is 0 Å². The fourth-order valence-electron chi connectivity index (χ4n) is 4.17. The maximum atomic E-state index is 12.6. The molecule has 5 heteroatoms. The standard InChI is InChI=1S/C26H25N3O2/c1-28-16-14-20(15-17-28)26-27-24(25(31-26)19-8-4-2-5-9-19)21-12-13-23(30)29(18-21)22-10-6-3-7-11-22/h2-13,18,20H,14-17H2,1H3. The van der Waals surface area contributed by atoms with Crippen LogP contribution in [0.4, 0.5) is 0 Å². The number of para-hydroxylation sites is 1. The SMILES string of the molecule is CN1CCC(c2nc(-c3ccc(=O)n(-c4ccccc4)c3)c(-c3ccccc3)o2)CC1. The maximum absolute atomic E-state index is 12.6. The summed E-state index contributed by atoms with van der Waals surface area (Å²) < 4.78 is 8.05. The van der Waals surface area contributed by atoms with E-state index in [1.54, 1.807) is 10.6 Å². The van der Waals surface area contributed by atoms with E-state index in [4.69, 9.17) is 9.40 Å². The van der Waals surface area contributed by atoms with Gasteiger partial charge < -0.3 is 9.32 Å². The second-order valence-corrected chi connectivity index (χ2v) is 8.13. The monoisotopic (exact) mass is 411 g/mol. The minimum absolute atomic E-state index is 0.0738. The highest BCUT2D eigenvalue weighted by atomic mass is 16.4. The summed E-state index contributed by atoms with van der Waals surface area (Å²) in [4.78, 5) is 19.9. The molecule has 1 saturated heterocycles. The molecular formula is C26H25N3O2. The number of benzene rings is 2. The zero-order valence-corrected chi connectivity index (χ0v) is 17.6. The van der Waals surface area contributed by atoms with E-state index in [0.717, 1.165) is 60.1 Å². The lowest BCUT2D eigenvalue weighted by atomic mass is 9.97. The molecule has 5 rings (SSSR count). The first kappa shape index (κ1) is 19.5. The van der Waals surface area contributed by atoms with Crippen molar-refractivity contribution in [3.63, 3.8) is 0 Å².